The largest absolute Gasteiger partial charge is 0.497 e. The third kappa shape index (κ3) is 4.41. The Morgan fingerprint density at radius 2 is 1.73 bits per heavy atom. The number of aromatic nitrogens is 2. The van der Waals surface area contributed by atoms with E-state index in [1.165, 1.54) is 10.4 Å². The Kier molecular flexibility index (Phi) is 6.18. The fourth-order valence-electron chi connectivity index (χ4n) is 3.85. The molecule has 7 nitrogen and oxygen atoms in total. The molecule has 0 saturated carbocycles. The van der Waals surface area contributed by atoms with Crippen molar-refractivity contribution in [3.8, 4) is 5.75 Å². The molecule has 0 amide bonds. The van der Waals surface area contributed by atoms with Gasteiger partial charge in [-0.2, -0.15) is 0 Å². The number of hydrogen-bond donors (Lipinski definition) is 0. The SMILES string of the molecule is COc1ccc(N2CCN(CCCOn3c(C)nc4ccccc4c3=O)CC2)cc1. The van der Waals surface area contributed by atoms with Gasteiger partial charge in [-0.3, -0.25) is 9.69 Å². The number of nitrogens with zero attached hydrogens (tertiary/aromatic N) is 4. The van der Waals surface area contributed by atoms with E-state index >= 15 is 0 Å². The van der Waals surface area contributed by atoms with Crippen LogP contribution in [0.4, 0.5) is 5.69 Å². The van der Waals surface area contributed by atoms with E-state index in [-0.39, 0.29) is 5.56 Å². The summed E-state index contributed by atoms with van der Waals surface area (Å²) in [4.78, 5) is 27.7. The minimum absolute atomic E-state index is 0.147. The molecule has 30 heavy (non-hydrogen) atoms. The second-order valence-corrected chi connectivity index (χ2v) is 7.49. The number of piperazine rings is 1. The van der Waals surface area contributed by atoms with E-state index < -0.39 is 0 Å². The lowest BCUT2D eigenvalue weighted by Crippen LogP contribution is -2.47. The molecule has 158 valence electrons. The van der Waals surface area contributed by atoms with Gasteiger partial charge < -0.3 is 14.5 Å². The molecule has 0 atom stereocenters. The van der Waals surface area contributed by atoms with Crippen molar-refractivity contribution >= 4 is 16.6 Å². The van der Waals surface area contributed by atoms with Crippen LogP contribution < -0.4 is 20.0 Å². The van der Waals surface area contributed by atoms with Gasteiger partial charge >= 0.3 is 0 Å². The molecule has 1 aliphatic rings. The molecule has 7 heteroatoms. The van der Waals surface area contributed by atoms with Crippen molar-refractivity contribution in [2.45, 2.75) is 13.3 Å². The van der Waals surface area contributed by atoms with E-state index in [9.17, 15) is 4.79 Å². The molecule has 0 spiro atoms. The van der Waals surface area contributed by atoms with Gasteiger partial charge in [-0.05, 0) is 49.7 Å². The fraction of sp³-hybridized carbons (Fsp3) is 0.391. The van der Waals surface area contributed by atoms with Crippen LogP contribution in [-0.2, 0) is 0 Å². The third-order valence-corrected chi connectivity index (χ3v) is 5.54. The van der Waals surface area contributed by atoms with Crippen molar-refractivity contribution < 1.29 is 9.57 Å². The van der Waals surface area contributed by atoms with E-state index in [0.29, 0.717) is 23.3 Å². The maximum Gasteiger partial charge on any atom is 0.294 e. The summed E-state index contributed by atoms with van der Waals surface area (Å²) < 4.78 is 6.56. The zero-order valence-corrected chi connectivity index (χ0v) is 17.6. The smallest absolute Gasteiger partial charge is 0.294 e. The van der Waals surface area contributed by atoms with Gasteiger partial charge in [0, 0.05) is 38.4 Å². The summed E-state index contributed by atoms with van der Waals surface area (Å²) in [5, 5.41) is 0.581. The summed E-state index contributed by atoms with van der Waals surface area (Å²) in [5.41, 5.74) is 1.79. The lowest BCUT2D eigenvalue weighted by Gasteiger charge is -2.36. The van der Waals surface area contributed by atoms with Crippen LogP contribution in [0.2, 0.25) is 0 Å². The van der Waals surface area contributed by atoms with Gasteiger partial charge in [0.05, 0.1) is 18.0 Å². The zero-order chi connectivity index (χ0) is 20.9. The van der Waals surface area contributed by atoms with Gasteiger partial charge in [-0.15, -0.1) is 4.73 Å². The van der Waals surface area contributed by atoms with Gasteiger partial charge in [-0.1, -0.05) is 12.1 Å². The second-order valence-electron chi connectivity index (χ2n) is 7.49. The summed E-state index contributed by atoms with van der Waals surface area (Å²) >= 11 is 0. The first-order chi connectivity index (χ1) is 14.7. The molecule has 4 rings (SSSR count). The number of methoxy groups -OCH3 is 1. The monoisotopic (exact) mass is 408 g/mol. The maximum atomic E-state index is 12.6. The molecule has 0 N–H and O–H groups in total. The van der Waals surface area contributed by atoms with Crippen LogP contribution in [-0.4, -0.2) is 61.1 Å². The first-order valence-corrected chi connectivity index (χ1v) is 10.4. The number of anilines is 1. The second kappa shape index (κ2) is 9.17. The van der Waals surface area contributed by atoms with Crippen molar-refractivity contribution in [2.75, 3.05) is 51.3 Å². The van der Waals surface area contributed by atoms with Gasteiger partial charge in [0.15, 0.2) is 0 Å². The molecule has 1 fully saturated rings. The van der Waals surface area contributed by atoms with Gasteiger partial charge in [0.25, 0.3) is 5.56 Å². The number of fused-ring (bicyclic) bond motifs is 1. The molecule has 3 aromatic rings. The van der Waals surface area contributed by atoms with Crippen molar-refractivity contribution in [3.63, 3.8) is 0 Å². The number of aryl methyl sites for hydroxylation is 1. The quantitative estimate of drug-likeness (QED) is 0.560. The molecule has 0 bridgehead atoms. The maximum absolute atomic E-state index is 12.6. The minimum atomic E-state index is -0.147. The summed E-state index contributed by atoms with van der Waals surface area (Å²) in [6.07, 6.45) is 0.862. The van der Waals surface area contributed by atoms with Crippen molar-refractivity contribution in [1.29, 1.82) is 0 Å². The molecule has 0 unspecified atom stereocenters. The van der Waals surface area contributed by atoms with Gasteiger partial charge in [0.2, 0.25) is 0 Å². The highest BCUT2D eigenvalue weighted by Gasteiger charge is 2.17. The van der Waals surface area contributed by atoms with E-state index in [1.807, 2.05) is 30.3 Å². The molecule has 1 saturated heterocycles. The highest BCUT2D eigenvalue weighted by atomic mass is 16.7. The summed E-state index contributed by atoms with van der Waals surface area (Å²) in [6.45, 7) is 7.27. The number of ether oxygens (including phenoxy) is 1. The highest BCUT2D eigenvalue weighted by Crippen LogP contribution is 2.20. The Morgan fingerprint density at radius 3 is 2.47 bits per heavy atom. The van der Waals surface area contributed by atoms with Gasteiger partial charge in [-0.25, -0.2) is 4.98 Å². The Bertz CT molecular complexity index is 1040. The molecular formula is C23H28N4O3. The molecule has 0 aliphatic carbocycles. The average Bonchev–Trinajstić information content (AvgIpc) is 2.79. The number of para-hydroxylation sites is 1. The summed E-state index contributed by atoms with van der Waals surface area (Å²) in [7, 11) is 1.69. The lowest BCUT2D eigenvalue weighted by atomic mass is 10.2. The Labute approximate surface area is 176 Å². The topological polar surface area (TPSA) is 59.8 Å². The van der Waals surface area contributed by atoms with E-state index in [4.69, 9.17) is 9.57 Å². The van der Waals surface area contributed by atoms with Crippen molar-refractivity contribution in [3.05, 3.63) is 64.7 Å². The standard InChI is InChI=1S/C23H28N4O3/c1-18-24-22-7-4-3-6-21(22)23(28)27(18)30-17-5-12-25-13-15-26(16-14-25)19-8-10-20(29-2)11-9-19/h3-4,6-11H,5,12-17H2,1-2H3. The third-order valence-electron chi connectivity index (χ3n) is 5.54. The normalized spacial score (nSPS) is 14.8. The van der Waals surface area contributed by atoms with Crippen LogP contribution in [0.3, 0.4) is 0 Å². The Balaban J connectivity index is 1.25. The first kappa shape index (κ1) is 20.2. The number of benzene rings is 2. The molecule has 2 aromatic carbocycles. The predicted molar refractivity (Wildman–Crippen MR) is 118 cm³/mol. The highest BCUT2D eigenvalue weighted by molar-refractivity contribution is 5.77. The first-order valence-electron chi connectivity index (χ1n) is 10.4. The molecule has 1 aliphatic heterocycles. The molecular weight excluding hydrogens is 380 g/mol. The van der Waals surface area contributed by atoms with E-state index in [1.54, 1.807) is 20.1 Å². The average molecular weight is 409 g/mol. The molecule has 0 radical (unpaired) electrons. The van der Waals surface area contributed by atoms with Crippen LogP contribution >= 0.6 is 0 Å². The van der Waals surface area contributed by atoms with Crippen LogP contribution in [0.1, 0.15) is 12.2 Å². The summed E-state index contributed by atoms with van der Waals surface area (Å²) in [6, 6.07) is 15.6. The van der Waals surface area contributed by atoms with E-state index in [2.05, 4.69) is 26.9 Å². The summed E-state index contributed by atoms with van der Waals surface area (Å²) in [5.74, 6) is 1.46. The van der Waals surface area contributed by atoms with E-state index in [0.717, 1.165) is 44.9 Å². The van der Waals surface area contributed by atoms with Crippen LogP contribution in [0.25, 0.3) is 10.9 Å². The van der Waals surface area contributed by atoms with Crippen LogP contribution in [0, 0.1) is 6.92 Å². The Hall–Kier alpha value is -3.06. The number of hydrogen-bond acceptors (Lipinski definition) is 6. The van der Waals surface area contributed by atoms with Crippen LogP contribution in [0.15, 0.2) is 53.3 Å². The predicted octanol–water partition coefficient (Wildman–Crippen LogP) is 2.35. The van der Waals surface area contributed by atoms with Gasteiger partial charge in [0.1, 0.15) is 18.2 Å². The Morgan fingerprint density at radius 1 is 1.00 bits per heavy atom. The van der Waals surface area contributed by atoms with Crippen LogP contribution in [0.5, 0.6) is 5.75 Å². The van der Waals surface area contributed by atoms with Crippen molar-refractivity contribution in [2.24, 2.45) is 0 Å². The molecule has 1 aromatic heterocycles. The fourth-order valence-corrected chi connectivity index (χ4v) is 3.85. The molecule has 2 heterocycles. The number of rotatable bonds is 7. The lowest BCUT2D eigenvalue weighted by molar-refractivity contribution is 0.0858. The minimum Gasteiger partial charge on any atom is -0.497 e. The van der Waals surface area contributed by atoms with Crippen molar-refractivity contribution in [1.82, 2.24) is 14.6 Å². The zero-order valence-electron chi connectivity index (χ0n) is 17.6.